The summed E-state index contributed by atoms with van der Waals surface area (Å²) in [4.78, 5) is 11.6. The maximum Gasteiger partial charge on any atom is 0.224 e. The molecule has 0 bridgehead atoms. The van der Waals surface area contributed by atoms with Crippen molar-refractivity contribution in [3.8, 4) is 0 Å². The molecule has 0 aliphatic carbocycles. The van der Waals surface area contributed by atoms with Gasteiger partial charge in [0.1, 0.15) is 0 Å². The van der Waals surface area contributed by atoms with E-state index < -0.39 is 10.0 Å². The highest BCUT2D eigenvalue weighted by molar-refractivity contribution is 7.88. The average molecular weight is 249 g/mol. The van der Waals surface area contributed by atoms with Gasteiger partial charge < -0.3 is 10.6 Å². The standard InChI is InChI=1S/C9H19N3O3S/c1-16(14,15)12-6-5-11-9(13)8-3-2-4-10-7-8/h8,10,12H,2-7H2,1H3,(H,11,13)/t8-/m0/s1. The van der Waals surface area contributed by atoms with Crippen molar-refractivity contribution in [2.24, 2.45) is 5.92 Å². The van der Waals surface area contributed by atoms with Gasteiger partial charge in [-0.2, -0.15) is 0 Å². The van der Waals surface area contributed by atoms with Gasteiger partial charge in [0.2, 0.25) is 15.9 Å². The van der Waals surface area contributed by atoms with E-state index in [0.29, 0.717) is 13.1 Å². The molecule has 1 heterocycles. The Morgan fingerprint density at radius 3 is 2.75 bits per heavy atom. The molecule has 94 valence electrons. The number of carbonyl (C=O) groups excluding carboxylic acids is 1. The third-order valence-corrected chi connectivity index (χ3v) is 3.18. The highest BCUT2D eigenvalue weighted by atomic mass is 32.2. The molecule has 0 saturated carbocycles. The van der Waals surface area contributed by atoms with E-state index in [-0.39, 0.29) is 18.4 Å². The largest absolute Gasteiger partial charge is 0.355 e. The van der Waals surface area contributed by atoms with Crippen LogP contribution in [0.3, 0.4) is 0 Å². The Morgan fingerprint density at radius 2 is 2.19 bits per heavy atom. The third-order valence-electron chi connectivity index (χ3n) is 2.46. The predicted molar refractivity (Wildman–Crippen MR) is 61.4 cm³/mol. The molecule has 0 aromatic rings. The molecule has 3 N–H and O–H groups in total. The van der Waals surface area contributed by atoms with Crippen molar-refractivity contribution in [1.82, 2.24) is 15.4 Å². The van der Waals surface area contributed by atoms with Crippen LogP contribution in [0, 0.1) is 5.92 Å². The third kappa shape index (κ3) is 5.43. The van der Waals surface area contributed by atoms with Gasteiger partial charge in [0, 0.05) is 19.6 Å². The maximum atomic E-state index is 11.6. The van der Waals surface area contributed by atoms with E-state index in [1.165, 1.54) is 0 Å². The molecule has 1 amide bonds. The summed E-state index contributed by atoms with van der Waals surface area (Å²) in [5.41, 5.74) is 0. The fourth-order valence-corrected chi connectivity index (χ4v) is 2.11. The molecule has 0 aromatic carbocycles. The molecule has 1 saturated heterocycles. The highest BCUT2D eigenvalue weighted by Gasteiger charge is 2.20. The molecule has 0 radical (unpaired) electrons. The smallest absolute Gasteiger partial charge is 0.224 e. The second-order valence-electron chi connectivity index (χ2n) is 4.00. The summed E-state index contributed by atoms with van der Waals surface area (Å²) in [6.45, 7) is 2.26. The minimum atomic E-state index is -3.16. The lowest BCUT2D eigenvalue weighted by Gasteiger charge is -2.21. The predicted octanol–water partition coefficient (Wildman–Crippen LogP) is -1.35. The van der Waals surface area contributed by atoms with Crippen LogP contribution in [0.5, 0.6) is 0 Å². The van der Waals surface area contributed by atoms with Crippen LogP contribution in [0.4, 0.5) is 0 Å². The number of nitrogens with one attached hydrogen (secondary N) is 3. The normalized spacial score (nSPS) is 21.7. The molecular weight excluding hydrogens is 230 g/mol. The fraction of sp³-hybridized carbons (Fsp3) is 0.889. The number of rotatable bonds is 5. The lowest BCUT2D eigenvalue weighted by molar-refractivity contribution is -0.125. The Hall–Kier alpha value is -0.660. The van der Waals surface area contributed by atoms with Gasteiger partial charge in [-0.05, 0) is 19.4 Å². The van der Waals surface area contributed by atoms with E-state index in [0.717, 1.165) is 25.6 Å². The van der Waals surface area contributed by atoms with Gasteiger partial charge in [0.25, 0.3) is 0 Å². The summed E-state index contributed by atoms with van der Waals surface area (Å²) in [5, 5.41) is 5.88. The van der Waals surface area contributed by atoms with E-state index >= 15 is 0 Å². The van der Waals surface area contributed by atoms with Crippen molar-refractivity contribution in [2.75, 3.05) is 32.4 Å². The Morgan fingerprint density at radius 1 is 1.44 bits per heavy atom. The molecule has 6 nitrogen and oxygen atoms in total. The second kappa shape index (κ2) is 6.17. The van der Waals surface area contributed by atoms with E-state index in [1.54, 1.807) is 0 Å². The van der Waals surface area contributed by atoms with Crippen LogP contribution in [0.1, 0.15) is 12.8 Å². The summed E-state index contributed by atoms with van der Waals surface area (Å²) >= 11 is 0. The molecule has 0 unspecified atom stereocenters. The molecule has 1 fully saturated rings. The molecule has 1 aliphatic heterocycles. The number of sulfonamides is 1. The zero-order chi connectivity index (χ0) is 12.0. The first-order chi connectivity index (χ1) is 7.49. The van der Waals surface area contributed by atoms with Gasteiger partial charge in [-0.25, -0.2) is 13.1 Å². The van der Waals surface area contributed by atoms with Crippen LogP contribution < -0.4 is 15.4 Å². The van der Waals surface area contributed by atoms with Crippen LogP contribution in [0.2, 0.25) is 0 Å². The molecule has 1 atom stereocenters. The van der Waals surface area contributed by atoms with Gasteiger partial charge in [0.05, 0.1) is 12.2 Å². The summed E-state index contributed by atoms with van der Waals surface area (Å²) in [6, 6.07) is 0. The number of amides is 1. The van der Waals surface area contributed by atoms with Gasteiger partial charge in [-0.1, -0.05) is 0 Å². The SMILES string of the molecule is CS(=O)(=O)NCCNC(=O)[C@H]1CCCNC1. The minimum Gasteiger partial charge on any atom is -0.355 e. The second-order valence-corrected chi connectivity index (χ2v) is 5.83. The summed E-state index contributed by atoms with van der Waals surface area (Å²) in [7, 11) is -3.16. The number of hydrogen-bond acceptors (Lipinski definition) is 4. The van der Waals surface area contributed by atoms with E-state index in [1.807, 2.05) is 0 Å². The van der Waals surface area contributed by atoms with Crippen LogP contribution in [0.25, 0.3) is 0 Å². The van der Waals surface area contributed by atoms with Crippen LogP contribution in [0.15, 0.2) is 0 Å². The van der Waals surface area contributed by atoms with Gasteiger partial charge in [-0.15, -0.1) is 0 Å². The average Bonchev–Trinajstić information content (AvgIpc) is 2.24. The van der Waals surface area contributed by atoms with Gasteiger partial charge >= 0.3 is 0 Å². The van der Waals surface area contributed by atoms with Crippen LogP contribution in [-0.2, 0) is 14.8 Å². The monoisotopic (exact) mass is 249 g/mol. The zero-order valence-corrected chi connectivity index (χ0v) is 10.3. The lowest BCUT2D eigenvalue weighted by Crippen LogP contribution is -2.42. The van der Waals surface area contributed by atoms with Crippen molar-refractivity contribution >= 4 is 15.9 Å². The van der Waals surface area contributed by atoms with Crippen molar-refractivity contribution < 1.29 is 13.2 Å². The molecule has 0 aromatic heterocycles. The first kappa shape index (κ1) is 13.4. The molecule has 0 spiro atoms. The Kier molecular flexibility index (Phi) is 5.17. The van der Waals surface area contributed by atoms with Crippen molar-refractivity contribution in [2.45, 2.75) is 12.8 Å². The van der Waals surface area contributed by atoms with E-state index in [4.69, 9.17) is 0 Å². The molecule has 1 aliphatic rings. The quantitative estimate of drug-likeness (QED) is 0.526. The summed E-state index contributed by atoms with van der Waals surface area (Å²) in [5.74, 6) is 0.0227. The van der Waals surface area contributed by atoms with Crippen LogP contribution in [-0.4, -0.2) is 46.8 Å². The number of hydrogen-bond donors (Lipinski definition) is 3. The number of carbonyl (C=O) groups is 1. The Balaban J connectivity index is 2.14. The van der Waals surface area contributed by atoms with Crippen molar-refractivity contribution in [3.05, 3.63) is 0 Å². The molecular formula is C9H19N3O3S. The molecule has 7 heteroatoms. The van der Waals surface area contributed by atoms with Crippen molar-refractivity contribution in [1.29, 1.82) is 0 Å². The van der Waals surface area contributed by atoms with E-state index in [9.17, 15) is 13.2 Å². The summed E-state index contributed by atoms with van der Waals surface area (Å²) < 4.78 is 23.8. The lowest BCUT2D eigenvalue weighted by atomic mass is 9.99. The van der Waals surface area contributed by atoms with Crippen LogP contribution >= 0.6 is 0 Å². The molecule has 16 heavy (non-hydrogen) atoms. The number of piperidine rings is 1. The topological polar surface area (TPSA) is 87.3 Å². The van der Waals surface area contributed by atoms with Gasteiger partial charge in [0.15, 0.2) is 0 Å². The van der Waals surface area contributed by atoms with Gasteiger partial charge in [-0.3, -0.25) is 4.79 Å². The highest BCUT2D eigenvalue weighted by Crippen LogP contribution is 2.09. The minimum absolute atomic E-state index is 0.00232. The first-order valence-electron chi connectivity index (χ1n) is 5.42. The van der Waals surface area contributed by atoms with E-state index in [2.05, 4.69) is 15.4 Å². The van der Waals surface area contributed by atoms with Crippen molar-refractivity contribution in [3.63, 3.8) is 0 Å². The Bertz CT molecular complexity index is 323. The molecule has 1 rings (SSSR count). The Labute approximate surface area is 96.2 Å². The maximum absolute atomic E-state index is 11.6. The summed E-state index contributed by atoms with van der Waals surface area (Å²) in [6.07, 6.45) is 3.01. The first-order valence-corrected chi connectivity index (χ1v) is 7.31. The fourth-order valence-electron chi connectivity index (χ4n) is 1.64. The zero-order valence-electron chi connectivity index (χ0n) is 9.45.